The number of amides is 1. The van der Waals surface area contributed by atoms with Crippen LogP contribution in [0.25, 0.3) is 0 Å². The van der Waals surface area contributed by atoms with Gasteiger partial charge in [-0.15, -0.1) is 0 Å². The fourth-order valence-electron chi connectivity index (χ4n) is 3.16. The summed E-state index contributed by atoms with van der Waals surface area (Å²) in [7, 11) is -3.80. The number of carboxylic acid groups (broad SMARTS) is 1. The fourth-order valence-corrected chi connectivity index (χ4v) is 4.22. The summed E-state index contributed by atoms with van der Waals surface area (Å²) < 4.78 is 39.1. The summed E-state index contributed by atoms with van der Waals surface area (Å²) >= 11 is 0. The summed E-state index contributed by atoms with van der Waals surface area (Å²) in [5.41, 5.74) is 1.69. The van der Waals surface area contributed by atoms with Crippen LogP contribution in [0.15, 0.2) is 77.7 Å². The van der Waals surface area contributed by atoms with E-state index < -0.39 is 16.0 Å². The molecule has 0 saturated heterocycles. The van der Waals surface area contributed by atoms with Crippen molar-refractivity contribution in [3.8, 4) is 11.5 Å². The van der Waals surface area contributed by atoms with E-state index in [-0.39, 0.29) is 30.4 Å². The Hall–Kier alpha value is -4.05. The number of sulfonamides is 1. The molecule has 9 nitrogen and oxygen atoms in total. The average molecular weight is 499 g/mol. The summed E-state index contributed by atoms with van der Waals surface area (Å²) in [6.45, 7) is 1.88. The predicted molar refractivity (Wildman–Crippen MR) is 131 cm³/mol. The van der Waals surface area contributed by atoms with Crippen molar-refractivity contribution in [3.05, 3.63) is 78.4 Å². The van der Waals surface area contributed by atoms with E-state index in [4.69, 9.17) is 14.6 Å². The maximum Gasteiger partial charge on any atom is 0.303 e. The maximum absolute atomic E-state index is 12.6. The van der Waals surface area contributed by atoms with E-state index in [0.717, 1.165) is 5.56 Å². The highest BCUT2D eigenvalue weighted by atomic mass is 32.2. The highest BCUT2D eigenvalue weighted by Gasteiger charge is 2.14. The molecule has 0 bridgehead atoms. The molecule has 3 rings (SSSR count). The zero-order chi connectivity index (χ0) is 25.3. The monoisotopic (exact) mass is 498 g/mol. The van der Waals surface area contributed by atoms with Crippen LogP contribution in [0.1, 0.15) is 18.9 Å². The van der Waals surface area contributed by atoms with Crippen molar-refractivity contribution in [2.24, 2.45) is 0 Å². The number of para-hydroxylation sites is 1. The number of hydrogen-bond donors (Lipinski definition) is 3. The molecule has 3 N–H and O–H groups in total. The molecule has 0 saturated carbocycles. The van der Waals surface area contributed by atoms with E-state index >= 15 is 0 Å². The molecule has 1 amide bonds. The zero-order valence-corrected chi connectivity index (χ0v) is 19.9. The second-order valence-corrected chi connectivity index (χ2v) is 9.22. The van der Waals surface area contributed by atoms with E-state index in [1.54, 1.807) is 30.3 Å². The lowest BCUT2D eigenvalue weighted by molar-refractivity contribution is -0.137. The van der Waals surface area contributed by atoms with E-state index in [1.165, 1.54) is 31.2 Å². The highest BCUT2D eigenvalue weighted by Crippen LogP contribution is 2.22. The van der Waals surface area contributed by atoms with Crippen LogP contribution in [0.5, 0.6) is 11.5 Å². The number of benzene rings is 3. The maximum atomic E-state index is 12.6. The van der Waals surface area contributed by atoms with Gasteiger partial charge in [-0.2, -0.15) is 0 Å². The minimum atomic E-state index is -3.80. The van der Waals surface area contributed by atoms with Crippen LogP contribution in [0.3, 0.4) is 0 Å². The fraction of sp³-hybridized carbons (Fsp3) is 0.200. The summed E-state index contributed by atoms with van der Waals surface area (Å²) in [5, 5.41) is 11.5. The third-order valence-electron chi connectivity index (χ3n) is 4.78. The molecule has 184 valence electrons. The number of rotatable bonds is 12. The molecule has 0 heterocycles. The Morgan fingerprint density at radius 1 is 0.857 bits per heavy atom. The van der Waals surface area contributed by atoms with Gasteiger partial charge in [0.1, 0.15) is 24.7 Å². The first-order valence-electron chi connectivity index (χ1n) is 10.8. The lowest BCUT2D eigenvalue weighted by atomic mass is 10.1. The molecule has 3 aromatic rings. The third-order valence-corrected chi connectivity index (χ3v) is 6.18. The molecule has 10 heteroatoms. The molecule has 0 fully saturated rings. The summed E-state index contributed by atoms with van der Waals surface area (Å²) in [6, 6.07) is 19.5. The van der Waals surface area contributed by atoms with Crippen LogP contribution in [-0.2, 0) is 26.0 Å². The molecule has 0 aliphatic heterocycles. The number of carbonyl (C=O) groups is 2. The summed E-state index contributed by atoms with van der Waals surface area (Å²) in [6.07, 6.45) is 0.401. The second kappa shape index (κ2) is 11.9. The van der Waals surface area contributed by atoms with Crippen molar-refractivity contribution in [1.82, 2.24) is 0 Å². The second-order valence-electron chi connectivity index (χ2n) is 7.53. The van der Waals surface area contributed by atoms with Gasteiger partial charge in [0.2, 0.25) is 5.91 Å². The first-order valence-corrected chi connectivity index (χ1v) is 12.3. The predicted octanol–water partition coefficient (Wildman–Crippen LogP) is 3.92. The van der Waals surface area contributed by atoms with Crippen molar-refractivity contribution in [2.45, 2.75) is 24.7 Å². The van der Waals surface area contributed by atoms with Crippen LogP contribution < -0.4 is 19.5 Å². The van der Waals surface area contributed by atoms with Crippen molar-refractivity contribution >= 4 is 33.3 Å². The topological polar surface area (TPSA) is 131 Å². The van der Waals surface area contributed by atoms with Gasteiger partial charge < -0.3 is 19.9 Å². The molecule has 0 aliphatic carbocycles. The molecule has 0 radical (unpaired) electrons. The molecular weight excluding hydrogens is 472 g/mol. The Morgan fingerprint density at radius 2 is 1.49 bits per heavy atom. The number of anilines is 2. The van der Waals surface area contributed by atoms with Gasteiger partial charge in [0.25, 0.3) is 10.0 Å². The van der Waals surface area contributed by atoms with Gasteiger partial charge in [-0.1, -0.05) is 18.2 Å². The van der Waals surface area contributed by atoms with Crippen LogP contribution in [0.4, 0.5) is 11.4 Å². The van der Waals surface area contributed by atoms with Gasteiger partial charge >= 0.3 is 5.97 Å². The number of aliphatic carboxylic acids is 1. The Kier molecular flexibility index (Phi) is 8.69. The molecule has 0 atom stereocenters. The lowest BCUT2D eigenvalue weighted by Gasteiger charge is -2.12. The quantitative estimate of drug-likeness (QED) is 0.323. The standard InChI is InChI=1S/C25H26N2O7S/c1-18(28)26-20-9-13-23(14-10-20)35(31,32)27-21-7-11-22(12-8-21)33-16-17-34-24-5-3-2-4-19(24)6-15-25(29)30/h2-5,7-14,27H,6,15-17H2,1H3,(H,26,28)(H,29,30). The van der Waals surface area contributed by atoms with Gasteiger partial charge in [-0.3, -0.25) is 14.3 Å². The van der Waals surface area contributed by atoms with E-state index in [9.17, 15) is 18.0 Å². The van der Waals surface area contributed by atoms with Crippen LogP contribution in [0.2, 0.25) is 0 Å². The minimum absolute atomic E-state index is 0.0232. The van der Waals surface area contributed by atoms with Gasteiger partial charge in [-0.25, -0.2) is 8.42 Å². The summed E-state index contributed by atoms with van der Waals surface area (Å²) in [5.74, 6) is 0.0458. The van der Waals surface area contributed by atoms with E-state index in [0.29, 0.717) is 29.3 Å². The Morgan fingerprint density at radius 3 is 2.14 bits per heavy atom. The minimum Gasteiger partial charge on any atom is -0.490 e. The first kappa shape index (κ1) is 25.6. The average Bonchev–Trinajstić information content (AvgIpc) is 2.82. The largest absolute Gasteiger partial charge is 0.490 e. The van der Waals surface area contributed by atoms with E-state index in [2.05, 4.69) is 10.0 Å². The Bertz CT molecular complexity index is 1260. The third kappa shape index (κ3) is 8.04. The molecule has 0 aromatic heterocycles. The Labute approximate surface area is 203 Å². The zero-order valence-electron chi connectivity index (χ0n) is 19.1. The molecular formula is C25H26N2O7S. The molecule has 0 aliphatic rings. The highest BCUT2D eigenvalue weighted by molar-refractivity contribution is 7.92. The van der Waals surface area contributed by atoms with Crippen molar-refractivity contribution in [2.75, 3.05) is 23.3 Å². The van der Waals surface area contributed by atoms with Gasteiger partial charge in [0.05, 0.1) is 4.90 Å². The SMILES string of the molecule is CC(=O)Nc1ccc(S(=O)(=O)Nc2ccc(OCCOc3ccccc3CCC(=O)O)cc2)cc1. The van der Waals surface area contributed by atoms with Crippen molar-refractivity contribution < 1.29 is 32.6 Å². The van der Waals surface area contributed by atoms with Crippen LogP contribution >= 0.6 is 0 Å². The number of hydrogen-bond acceptors (Lipinski definition) is 6. The molecule has 0 unspecified atom stereocenters. The van der Waals surface area contributed by atoms with E-state index in [1.807, 2.05) is 18.2 Å². The van der Waals surface area contributed by atoms with Crippen molar-refractivity contribution in [1.29, 1.82) is 0 Å². The van der Waals surface area contributed by atoms with Crippen LogP contribution in [-0.4, -0.2) is 38.6 Å². The number of carbonyl (C=O) groups excluding carboxylic acids is 1. The first-order chi connectivity index (χ1) is 16.7. The number of ether oxygens (including phenoxy) is 2. The van der Waals surface area contributed by atoms with Crippen molar-refractivity contribution in [3.63, 3.8) is 0 Å². The molecule has 0 spiro atoms. The van der Waals surface area contributed by atoms with Gasteiger partial charge in [0.15, 0.2) is 0 Å². The molecule has 35 heavy (non-hydrogen) atoms. The Balaban J connectivity index is 1.50. The van der Waals surface area contributed by atoms with Gasteiger partial charge in [0, 0.05) is 24.7 Å². The molecule has 3 aromatic carbocycles. The normalized spacial score (nSPS) is 10.9. The number of carboxylic acids is 1. The van der Waals surface area contributed by atoms with Gasteiger partial charge in [-0.05, 0) is 66.6 Å². The number of aryl methyl sites for hydroxylation is 1. The summed E-state index contributed by atoms with van der Waals surface area (Å²) in [4.78, 5) is 22.0. The number of nitrogens with one attached hydrogen (secondary N) is 2. The smallest absolute Gasteiger partial charge is 0.303 e. The van der Waals surface area contributed by atoms with Crippen LogP contribution in [0, 0.1) is 0 Å². The lowest BCUT2D eigenvalue weighted by Crippen LogP contribution is -2.13.